The quantitative estimate of drug-likeness (QED) is 0.740. The molecule has 2 aliphatic heterocycles. The average Bonchev–Trinajstić information content (AvgIpc) is 2.99. The van der Waals surface area contributed by atoms with Gasteiger partial charge in [0.05, 0.1) is 13.2 Å². The van der Waals surface area contributed by atoms with Gasteiger partial charge in [-0.2, -0.15) is 0 Å². The van der Waals surface area contributed by atoms with Gasteiger partial charge in [0.1, 0.15) is 17.1 Å². The van der Waals surface area contributed by atoms with Crippen LogP contribution in [0.4, 0.5) is 0 Å². The summed E-state index contributed by atoms with van der Waals surface area (Å²) in [6.07, 6.45) is 0.323. The first-order valence-corrected chi connectivity index (χ1v) is 6.87. The zero-order valence-electron chi connectivity index (χ0n) is 12.6. The summed E-state index contributed by atoms with van der Waals surface area (Å²) in [6.45, 7) is 7.58. The Morgan fingerprint density at radius 1 is 1.30 bits per heavy atom. The van der Waals surface area contributed by atoms with Crippen molar-refractivity contribution in [1.29, 1.82) is 0 Å². The van der Waals surface area contributed by atoms with Gasteiger partial charge in [0.2, 0.25) is 0 Å². The number of Topliss-reactive ketones (excluding diaryl/α,β-unsaturated/α-hetero) is 1. The van der Waals surface area contributed by atoms with Gasteiger partial charge in [0.15, 0.2) is 11.4 Å². The molecule has 0 N–H and O–H groups in total. The lowest BCUT2D eigenvalue weighted by molar-refractivity contribution is -0.132. The number of methoxy groups -OCH3 is 1. The van der Waals surface area contributed by atoms with Gasteiger partial charge in [-0.1, -0.05) is 0 Å². The van der Waals surface area contributed by atoms with Crippen LogP contribution < -0.4 is 9.47 Å². The maximum atomic E-state index is 12.3. The number of fused-ring (bicyclic) bond motifs is 3. The molecule has 4 nitrogen and oxygen atoms in total. The molecule has 0 amide bonds. The second-order valence-electron chi connectivity index (χ2n) is 6.27. The first-order valence-electron chi connectivity index (χ1n) is 6.87. The molecule has 1 fully saturated rings. The van der Waals surface area contributed by atoms with Crippen LogP contribution in [0, 0.1) is 6.92 Å². The van der Waals surface area contributed by atoms with Crippen LogP contribution >= 0.6 is 0 Å². The van der Waals surface area contributed by atoms with Crippen LogP contribution in [0.5, 0.6) is 11.5 Å². The Bertz CT molecular complexity index is 590. The van der Waals surface area contributed by atoms with E-state index in [0.29, 0.717) is 12.2 Å². The van der Waals surface area contributed by atoms with E-state index in [1.54, 1.807) is 7.11 Å². The van der Waals surface area contributed by atoms with E-state index in [0.717, 1.165) is 16.9 Å². The Morgan fingerprint density at radius 2 is 2.00 bits per heavy atom. The van der Waals surface area contributed by atoms with Gasteiger partial charge in [0.25, 0.3) is 0 Å². The summed E-state index contributed by atoms with van der Waals surface area (Å²) in [7, 11) is 1.65. The summed E-state index contributed by atoms with van der Waals surface area (Å²) >= 11 is 0. The van der Waals surface area contributed by atoms with E-state index in [-0.39, 0.29) is 11.9 Å². The molecule has 0 spiro atoms. The van der Waals surface area contributed by atoms with Gasteiger partial charge in [-0.15, -0.1) is 0 Å². The number of carbonyl (C=O) groups excluding carboxylic acids is 1. The summed E-state index contributed by atoms with van der Waals surface area (Å²) in [5.41, 5.74) is 0.673. The van der Waals surface area contributed by atoms with Crippen molar-refractivity contribution in [2.75, 3.05) is 7.11 Å². The molecule has 0 saturated carbocycles. The summed E-state index contributed by atoms with van der Waals surface area (Å²) in [5.74, 6) is 1.60. The van der Waals surface area contributed by atoms with Crippen LogP contribution in [0.15, 0.2) is 12.1 Å². The fourth-order valence-corrected chi connectivity index (χ4v) is 2.83. The summed E-state index contributed by atoms with van der Waals surface area (Å²) in [5, 5.41) is 0. The maximum Gasteiger partial charge on any atom is 0.178 e. The highest BCUT2D eigenvalue weighted by Crippen LogP contribution is 2.54. The third kappa shape index (κ3) is 1.82. The Morgan fingerprint density at radius 3 is 2.65 bits per heavy atom. The van der Waals surface area contributed by atoms with Crippen molar-refractivity contribution in [3.8, 4) is 11.5 Å². The summed E-state index contributed by atoms with van der Waals surface area (Å²) in [6, 6.07) is 3.90. The second kappa shape index (κ2) is 3.98. The van der Waals surface area contributed by atoms with E-state index >= 15 is 0 Å². The third-order valence-corrected chi connectivity index (χ3v) is 4.38. The van der Waals surface area contributed by atoms with Crippen LogP contribution in [0.2, 0.25) is 0 Å². The molecule has 108 valence electrons. The number of benzene rings is 1. The fourth-order valence-electron chi connectivity index (χ4n) is 2.83. The number of ketones is 1. The Balaban J connectivity index is 2.16. The van der Waals surface area contributed by atoms with Crippen molar-refractivity contribution >= 4 is 5.78 Å². The zero-order valence-corrected chi connectivity index (χ0v) is 12.6. The molecule has 1 aromatic carbocycles. The molecule has 2 aliphatic rings. The molecule has 2 atom stereocenters. The Kier molecular flexibility index (Phi) is 2.67. The van der Waals surface area contributed by atoms with E-state index in [2.05, 4.69) is 0 Å². The van der Waals surface area contributed by atoms with Crippen molar-refractivity contribution < 1.29 is 19.0 Å². The summed E-state index contributed by atoms with van der Waals surface area (Å²) in [4.78, 5) is 12.3. The standard InChI is InChI=1S/C16H20O4/c1-9-6-12-10(7-11(9)18-5)16(4)14(20-16)8-13(17)15(2,3)19-12/h6-7,14H,8H2,1-5H3/t14-,16-/m1/s1. The smallest absolute Gasteiger partial charge is 0.178 e. The molecule has 20 heavy (non-hydrogen) atoms. The highest BCUT2D eigenvalue weighted by Gasteiger charge is 2.58. The van der Waals surface area contributed by atoms with Gasteiger partial charge >= 0.3 is 0 Å². The van der Waals surface area contributed by atoms with Crippen LogP contribution in [0.25, 0.3) is 0 Å². The van der Waals surface area contributed by atoms with E-state index in [4.69, 9.17) is 14.2 Å². The molecule has 4 heteroatoms. The zero-order chi connectivity index (χ0) is 14.7. The number of hydrogen-bond acceptors (Lipinski definition) is 4. The van der Waals surface area contributed by atoms with Gasteiger partial charge in [-0.05, 0) is 45.4 Å². The molecule has 0 radical (unpaired) electrons. The molecule has 0 bridgehead atoms. The van der Waals surface area contributed by atoms with Crippen molar-refractivity contribution in [2.24, 2.45) is 0 Å². The molecular formula is C16H20O4. The second-order valence-corrected chi connectivity index (χ2v) is 6.27. The number of carbonyl (C=O) groups is 1. The molecular weight excluding hydrogens is 256 g/mol. The van der Waals surface area contributed by atoms with Crippen LogP contribution in [-0.4, -0.2) is 24.6 Å². The number of aryl methyl sites for hydroxylation is 1. The minimum absolute atomic E-state index is 0.0654. The van der Waals surface area contributed by atoms with Crippen LogP contribution in [0.3, 0.4) is 0 Å². The normalized spacial score (nSPS) is 30.4. The lowest BCUT2D eigenvalue weighted by atomic mass is 9.88. The molecule has 0 aliphatic carbocycles. The van der Waals surface area contributed by atoms with E-state index in [9.17, 15) is 4.79 Å². The van der Waals surface area contributed by atoms with Crippen molar-refractivity contribution in [1.82, 2.24) is 0 Å². The lowest BCUT2D eigenvalue weighted by Gasteiger charge is -2.29. The first-order chi connectivity index (χ1) is 9.28. The van der Waals surface area contributed by atoms with E-state index in [1.807, 2.05) is 39.8 Å². The lowest BCUT2D eigenvalue weighted by Crippen LogP contribution is -2.41. The largest absolute Gasteiger partial charge is 0.496 e. The van der Waals surface area contributed by atoms with Crippen LogP contribution in [-0.2, 0) is 15.1 Å². The highest BCUT2D eigenvalue weighted by atomic mass is 16.6. The Labute approximate surface area is 119 Å². The predicted molar refractivity (Wildman–Crippen MR) is 74.3 cm³/mol. The molecule has 3 rings (SSSR count). The van der Waals surface area contributed by atoms with Crippen molar-refractivity contribution in [3.05, 3.63) is 23.3 Å². The summed E-state index contributed by atoms with van der Waals surface area (Å²) < 4.78 is 17.2. The highest BCUT2D eigenvalue weighted by molar-refractivity contribution is 5.88. The predicted octanol–water partition coefficient (Wildman–Crippen LogP) is 2.75. The number of hydrogen-bond donors (Lipinski definition) is 0. The monoisotopic (exact) mass is 276 g/mol. The van der Waals surface area contributed by atoms with Gasteiger partial charge in [0, 0.05) is 12.0 Å². The minimum atomic E-state index is -0.830. The third-order valence-electron chi connectivity index (χ3n) is 4.38. The SMILES string of the molecule is COc1cc2c(cc1C)OC(C)(C)C(=O)C[C@H]1O[C@]21C. The maximum absolute atomic E-state index is 12.3. The van der Waals surface area contributed by atoms with E-state index in [1.165, 1.54) is 0 Å². The fraction of sp³-hybridized carbons (Fsp3) is 0.562. The first kappa shape index (κ1) is 13.4. The number of ether oxygens (including phenoxy) is 3. The molecule has 1 saturated heterocycles. The number of epoxide rings is 1. The molecule has 2 heterocycles. The average molecular weight is 276 g/mol. The minimum Gasteiger partial charge on any atom is -0.496 e. The van der Waals surface area contributed by atoms with Gasteiger partial charge in [-0.3, -0.25) is 4.79 Å². The molecule has 0 unspecified atom stereocenters. The number of rotatable bonds is 1. The topological polar surface area (TPSA) is 48.1 Å². The molecule has 1 aromatic rings. The van der Waals surface area contributed by atoms with Gasteiger partial charge < -0.3 is 14.2 Å². The van der Waals surface area contributed by atoms with Crippen molar-refractivity contribution in [2.45, 2.75) is 51.4 Å². The Hall–Kier alpha value is -1.55. The van der Waals surface area contributed by atoms with Crippen molar-refractivity contribution in [3.63, 3.8) is 0 Å². The van der Waals surface area contributed by atoms with E-state index < -0.39 is 11.2 Å². The van der Waals surface area contributed by atoms with Gasteiger partial charge in [-0.25, -0.2) is 0 Å². The molecule has 0 aromatic heterocycles. The van der Waals surface area contributed by atoms with Crippen LogP contribution in [0.1, 0.15) is 38.3 Å².